The third kappa shape index (κ3) is 3.22. The zero-order chi connectivity index (χ0) is 14.4. The molecule has 0 N–H and O–H groups in total. The maximum atomic E-state index is 12.4. The van der Waals surface area contributed by atoms with Crippen LogP contribution in [-0.4, -0.2) is 18.0 Å². The molecule has 1 aromatic heterocycles. The van der Waals surface area contributed by atoms with Crippen LogP contribution in [0.5, 0.6) is 0 Å². The molecule has 4 nitrogen and oxygen atoms in total. The summed E-state index contributed by atoms with van der Waals surface area (Å²) >= 11 is 0. The van der Waals surface area contributed by atoms with Crippen molar-refractivity contribution in [3.05, 3.63) is 59.8 Å². The van der Waals surface area contributed by atoms with E-state index >= 15 is 0 Å². The van der Waals surface area contributed by atoms with Crippen molar-refractivity contribution in [1.29, 1.82) is 0 Å². The van der Waals surface area contributed by atoms with Crippen molar-refractivity contribution in [3.8, 4) is 0 Å². The average Bonchev–Trinajstić information content (AvgIpc) is 2.49. The van der Waals surface area contributed by atoms with Gasteiger partial charge in [-0.15, -0.1) is 0 Å². The van der Waals surface area contributed by atoms with Gasteiger partial charge in [0.05, 0.1) is 7.11 Å². The molecule has 0 aliphatic heterocycles. The molecule has 0 saturated carbocycles. The minimum Gasteiger partial charge on any atom is -0.268 e. The first-order chi connectivity index (χ1) is 9.76. The maximum absolute atomic E-state index is 12.4. The Morgan fingerprint density at radius 3 is 2.65 bits per heavy atom. The molecule has 104 valence electrons. The highest BCUT2D eigenvalue weighted by Gasteiger charge is 2.18. The molecule has 20 heavy (non-hydrogen) atoms. The predicted molar refractivity (Wildman–Crippen MR) is 78.5 cm³/mol. The number of aryl methyl sites for hydroxylation is 1. The molecule has 2 aromatic rings. The first-order valence-electron chi connectivity index (χ1n) is 6.64. The number of carbonyl (C=O) groups is 1. The van der Waals surface area contributed by atoms with E-state index in [1.807, 2.05) is 30.3 Å². The largest absolute Gasteiger partial charge is 0.283 e. The van der Waals surface area contributed by atoms with E-state index in [4.69, 9.17) is 4.84 Å². The molecule has 0 aliphatic carbocycles. The molecule has 0 saturated heterocycles. The minimum absolute atomic E-state index is 0.228. The summed E-state index contributed by atoms with van der Waals surface area (Å²) in [5, 5.41) is 1.22. The van der Waals surface area contributed by atoms with Crippen molar-refractivity contribution in [3.63, 3.8) is 0 Å². The summed E-state index contributed by atoms with van der Waals surface area (Å²) in [4.78, 5) is 21.8. The summed E-state index contributed by atoms with van der Waals surface area (Å²) < 4.78 is 0. The van der Waals surface area contributed by atoms with Gasteiger partial charge in [0.1, 0.15) is 0 Å². The lowest BCUT2D eigenvalue weighted by atomic mass is 10.1. The van der Waals surface area contributed by atoms with E-state index in [2.05, 4.69) is 11.9 Å². The Hall–Kier alpha value is -2.20. The van der Waals surface area contributed by atoms with Crippen LogP contribution >= 0.6 is 0 Å². The number of hydroxylamine groups is 1. The Kier molecular flexibility index (Phi) is 4.85. The second-order valence-corrected chi connectivity index (χ2v) is 4.42. The molecule has 0 radical (unpaired) electrons. The van der Waals surface area contributed by atoms with E-state index in [0.29, 0.717) is 11.4 Å². The lowest BCUT2D eigenvalue weighted by Gasteiger charge is -2.19. The first-order valence-corrected chi connectivity index (χ1v) is 6.64. The highest BCUT2D eigenvalue weighted by atomic mass is 16.7. The monoisotopic (exact) mass is 270 g/mol. The van der Waals surface area contributed by atoms with E-state index in [1.54, 1.807) is 18.3 Å². The molecule has 1 amide bonds. The van der Waals surface area contributed by atoms with Crippen molar-refractivity contribution in [2.24, 2.45) is 0 Å². The topological polar surface area (TPSA) is 42.4 Å². The molecule has 2 rings (SSSR count). The van der Waals surface area contributed by atoms with E-state index in [0.717, 1.165) is 18.4 Å². The third-order valence-electron chi connectivity index (χ3n) is 2.94. The molecule has 0 spiro atoms. The first kappa shape index (κ1) is 14.2. The highest BCUT2D eigenvalue weighted by molar-refractivity contribution is 6.04. The van der Waals surface area contributed by atoms with Crippen LogP contribution in [0, 0.1) is 0 Å². The maximum Gasteiger partial charge on any atom is 0.283 e. The van der Waals surface area contributed by atoms with Gasteiger partial charge >= 0.3 is 0 Å². The number of hydrogen-bond donors (Lipinski definition) is 0. The lowest BCUT2D eigenvalue weighted by Crippen LogP contribution is -2.30. The number of rotatable bonds is 5. The minimum atomic E-state index is -0.228. The summed E-state index contributed by atoms with van der Waals surface area (Å²) in [6.45, 7) is 2.11. The molecule has 1 aromatic carbocycles. The number of anilines is 1. The van der Waals surface area contributed by atoms with Gasteiger partial charge in [0.2, 0.25) is 0 Å². The van der Waals surface area contributed by atoms with Crippen LogP contribution in [-0.2, 0) is 11.3 Å². The lowest BCUT2D eigenvalue weighted by molar-refractivity contribution is 0.0769. The van der Waals surface area contributed by atoms with Crippen LogP contribution in [0.2, 0.25) is 0 Å². The second kappa shape index (κ2) is 6.82. The van der Waals surface area contributed by atoms with Gasteiger partial charge in [-0.2, -0.15) is 5.06 Å². The van der Waals surface area contributed by atoms with E-state index in [-0.39, 0.29) is 5.91 Å². The Morgan fingerprint density at radius 1 is 1.25 bits per heavy atom. The molecule has 0 unspecified atom stereocenters. The Balaban J connectivity index is 2.28. The molecule has 0 fully saturated rings. The number of aromatic nitrogens is 1. The summed E-state index contributed by atoms with van der Waals surface area (Å²) in [5.74, 6) is 0.279. The number of pyridine rings is 1. The Bertz CT molecular complexity index is 570. The van der Waals surface area contributed by atoms with Gasteiger partial charge in [-0.25, -0.2) is 4.98 Å². The predicted octanol–water partition coefficient (Wildman–Crippen LogP) is 3.24. The van der Waals surface area contributed by atoms with Crippen molar-refractivity contribution in [2.75, 3.05) is 12.2 Å². The van der Waals surface area contributed by atoms with Crippen LogP contribution in [0.15, 0.2) is 48.7 Å². The van der Waals surface area contributed by atoms with Crippen molar-refractivity contribution >= 4 is 11.7 Å². The summed E-state index contributed by atoms with van der Waals surface area (Å²) in [6.07, 6.45) is 3.69. The Morgan fingerprint density at radius 2 is 2.00 bits per heavy atom. The number of nitrogens with zero attached hydrogens (tertiary/aromatic N) is 2. The number of amides is 1. The van der Waals surface area contributed by atoms with Gasteiger partial charge in [0.15, 0.2) is 5.82 Å². The summed E-state index contributed by atoms with van der Waals surface area (Å²) in [7, 11) is 1.47. The van der Waals surface area contributed by atoms with E-state index in [9.17, 15) is 4.79 Å². The molecule has 0 aliphatic rings. The van der Waals surface area contributed by atoms with Crippen molar-refractivity contribution in [2.45, 2.75) is 19.8 Å². The molecule has 0 bridgehead atoms. The average molecular weight is 270 g/mol. The molecular weight excluding hydrogens is 252 g/mol. The SMILES string of the molecule is CCCc1ccnc(N(OC)C(=O)c2ccccc2)c1. The normalized spacial score (nSPS) is 10.3. The fraction of sp³-hybridized carbons (Fsp3) is 0.250. The van der Waals surface area contributed by atoms with Crippen molar-refractivity contribution < 1.29 is 9.63 Å². The number of hydrogen-bond acceptors (Lipinski definition) is 3. The summed E-state index contributed by atoms with van der Waals surface area (Å²) in [6, 6.07) is 12.9. The molecule has 4 heteroatoms. The quantitative estimate of drug-likeness (QED) is 0.783. The van der Waals surface area contributed by atoms with Crippen LogP contribution in [0.25, 0.3) is 0 Å². The third-order valence-corrected chi connectivity index (χ3v) is 2.94. The van der Waals surface area contributed by atoms with Gasteiger partial charge in [-0.05, 0) is 36.2 Å². The fourth-order valence-corrected chi connectivity index (χ4v) is 1.99. The van der Waals surface area contributed by atoms with Gasteiger partial charge in [0.25, 0.3) is 5.91 Å². The standard InChI is InChI=1S/C16H18N2O2/c1-3-7-13-10-11-17-15(12-13)18(20-2)16(19)14-8-5-4-6-9-14/h4-6,8-12H,3,7H2,1-2H3. The molecular formula is C16H18N2O2. The van der Waals surface area contributed by atoms with Crippen molar-refractivity contribution in [1.82, 2.24) is 4.98 Å². The highest BCUT2D eigenvalue weighted by Crippen LogP contribution is 2.17. The number of benzene rings is 1. The molecule has 0 atom stereocenters. The van der Waals surface area contributed by atoms with Gasteiger partial charge < -0.3 is 0 Å². The zero-order valence-electron chi connectivity index (χ0n) is 11.7. The van der Waals surface area contributed by atoms with Crippen LogP contribution < -0.4 is 5.06 Å². The van der Waals surface area contributed by atoms with E-state index in [1.165, 1.54) is 12.2 Å². The summed E-state index contributed by atoms with van der Waals surface area (Å²) in [5.41, 5.74) is 1.71. The second-order valence-electron chi connectivity index (χ2n) is 4.42. The van der Waals surface area contributed by atoms with Gasteiger partial charge in [-0.3, -0.25) is 9.63 Å². The van der Waals surface area contributed by atoms with Gasteiger partial charge in [-0.1, -0.05) is 31.5 Å². The molecule has 1 heterocycles. The van der Waals surface area contributed by atoms with Crippen LogP contribution in [0.4, 0.5) is 5.82 Å². The zero-order valence-corrected chi connectivity index (χ0v) is 11.7. The smallest absolute Gasteiger partial charge is 0.268 e. The van der Waals surface area contributed by atoms with Crippen LogP contribution in [0.3, 0.4) is 0 Å². The van der Waals surface area contributed by atoms with Crippen LogP contribution in [0.1, 0.15) is 29.3 Å². The van der Waals surface area contributed by atoms with Gasteiger partial charge in [0, 0.05) is 11.8 Å². The number of carbonyl (C=O) groups excluding carboxylic acids is 1. The van der Waals surface area contributed by atoms with E-state index < -0.39 is 0 Å². The fourth-order valence-electron chi connectivity index (χ4n) is 1.99. The Labute approximate surface area is 119 Å².